The predicted octanol–water partition coefficient (Wildman–Crippen LogP) is 0.742. The molecule has 1 saturated carbocycles. The van der Waals surface area contributed by atoms with Gasteiger partial charge in [-0.3, -0.25) is 4.79 Å². The number of carboxylic acid groups (broad SMARTS) is 1. The summed E-state index contributed by atoms with van der Waals surface area (Å²) in [7, 11) is 0. The van der Waals surface area contributed by atoms with E-state index in [4.69, 9.17) is 0 Å². The summed E-state index contributed by atoms with van der Waals surface area (Å²) in [5.74, 6) is -0.976. The van der Waals surface area contributed by atoms with Crippen molar-refractivity contribution in [3.63, 3.8) is 0 Å². The zero-order valence-electron chi connectivity index (χ0n) is 12.1. The molecule has 1 atom stereocenters. The molecule has 3 amide bonds. The maximum absolute atomic E-state index is 12.1. The van der Waals surface area contributed by atoms with Gasteiger partial charge in [0.25, 0.3) is 0 Å². The van der Waals surface area contributed by atoms with E-state index in [9.17, 15) is 19.5 Å². The third kappa shape index (κ3) is 4.09. The van der Waals surface area contributed by atoms with E-state index in [0.29, 0.717) is 32.2 Å². The third-order valence-corrected chi connectivity index (χ3v) is 4.32. The van der Waals surface area contributed by atoms with Gasteiger partial charge in [-0.05, 0) is 19.3 Å². The van der Waals surface area contributed by atoms with Gasteiger partial charge in [0.2, 0.25) is 5.91 Å². The molecule has 7 heteroatoms. The van der Waals surface area contributed by atoms with Crippen LogP contribution in [0.1, 0.15) is 51.4 Å². The lowest BCUT2D eigenvalue weighted by molar-refractivity contribution is -0.145. The Morgan fingerprint density at radius 2 is 1.86 bits per heavy atom. The molecule has 118 valence electrons. The van der Waals surface area contributed by atoms with Crippen molar-refractivity contribution in [2.45, 2.75) is 62.9 Å². The molecule has 7 nitrogen and oxygen atoms in total. The molecule has 2 fully saturated rings. The molecule has 1 aliphatic heterocycles. The lowest BCUT2D eigenvalue weighted by Crippen LogP contribution is -2.59. The Kier molecular flexibility index (Phi) is 5.03. The van der Waals surface area contributed by atoms with Gasteiger partial charge in [0.05, 0.1) is 0 Å². The SMILES string of the molecule is O=C1CCC(NC(=O)NC2(C(=O)O)CCCCCC2)CN1. The highest BCUT2D eigenvalue weighted by molar-refractivity contribution is 5.86. The Hall–Kier alpha value is -1.79. The van der Waals surface area contributed by atoms with Gasteiger partial charge in [-0.15, -0.1) is 0 Å². The van der Waals surface area contributed by atoms with Gasteiger partial charge < -0.3 is 21.1 Å². The second-order valence-electron chi connectivity index (χ2n) is 5.94. The van der Waals surface area contributed by atoms with E-state index < -0.39 is 17.5 Å². The minimum atomic E-state index is -1.15. The summed E-state index contributed by atoms with van der Waals surface area (Å²) >= 11 is 0. The standard InChI is InChI=1S/C14H23N3O4/c18-11-6-5-10(9-15-11)16-13(21)17-14(12(19)20)7-3-1-2-4-8-14/h10H,1-9H2,(H,15,18)(H,19,20)(H2,16,17,21). The van der Waals surface area contributed by atoms with Crippen LogP contribution in [-0.4, -0.2) is 41.1 Å². The summed E-state index contributed by atoms with van der Waals surface area (Å²) < 4.78 is 0. The van der Waals surface area contributed by atoms with Crippen molar-refractivity contribution in [1.29, 1.82) is 0 Å². The molecular formula is C14H23N3O4. The molecular weight excluding hydrogens is 274 g/mol. The van der Waals surface area contributed by atoms with Crippen LogP contribution in [0.25, 0.3) is 0 Å². The van der Waals surface area contributed by atoms with Gasteiger partial charge in [0.1, 0.15) is 5.54 Å². The number of carbonyl (C=O) groups excluding carboxylic acids is 2. The van der Waals surface area contributed by atoms with Gasteiger partial charge in [0.15, 0.2) is 0 Å². The molecule has 0 aromatic carbocycles. The van der Waals surface area contributed by atoms with Gasteiger partial charge >= 0.3 is 12.0 Å². The van der Waals surface area contributed by atoms with Crippen molar-refractivity contribution >= 4 is 17.9 Å². The van der Waals surface area contributed by atoms with Crippen molar-refractivity contribution in [3.8, 4) is 0 Å². The Morgan fingerprint density at radius 3 is 2.38 bits per heavy atom. The number of aliphatic carboxylic acids is 1. The summed E-state index contributed by atoms with van der Waals surface area (Å²) in [6, 6.07) is -0.597. The number of nitrogens with one attached hydrogen (secondary N) is 3. The topological polar surface area (TPSA) is 108 Å². The average molecular weight is 297 g/mol. The maximum atomic E-state index is 12.1. The second kappa shape index (κ2) is 6.78. The molecule has 1 heterocycles. The monoisotopic (exact) mass is 297 g/mol. The zero-order valence-corrected chi connectivity index (χ0v) is 12.1. The fraction of sp³-hybridized carbons (Fsp3) is 0.786. The number of rotatable bonds is 3. The van der Waals surface area contributed by atoms with Crippen LogP contribution in [0.3, 0.4) is 0 Å². The minimum absolute atomic E-state index is 0.0146. The number of carbonyl (C=O) groups is 3. The van der Waals surface area contributed by atoms with Crippen LogP contribution in [0.5, 0.6) is 0 Å². The highest BCUT2D eigenvalue weighted by atomic mass is 16.4. The molecule has 0 aromatic heterocycles. The van der Waals surface area contributed by atoms with E-state index in [1.54, 1.807) is 0 Å². The van der Waals surface area contributed by atoms with Gasteiger partial charge in [-0.25, -0.2) is 9.59 Å². The highest BCUT2D eigenvalue weighted by Crippen LogP contribution is 2.27. The van der Waals surface area contributed by atoms with Crippen molar-refractivity contribution in [1.82, 2.24) is 16.0 Å². The Morgan fingerprint density at radius 1 is 1.19 bits per heavy atom. The summed E-state index contributed by atoms with van der Waals surface area (Å²) in [5, 5.41) is 17.6. The van der Waals surface area contributed by atoms with Crippen LogP contribution in [0.4, 0.5) is 4.79 Å². The molecule has 2 rings (SSSR count). The van der Waals surface area contributed by atoms with Gasteiger partial charge in [-0.2, -0.15) is 0 Å². The van der Waals surface area contributed by atoms with Gasteiger partial charge in [-0.1, -0.05) is 25.7 Å². The molecule has 0 bridgehead atoms. The van der Waals surface area contributed by atoms with Crippen LogP contribution in [-0.2, 0) is 9.59 Å². The molecule has 0 spiro atoms. The van der Waals surface area contributed by atoms with Crippen molar-refractivity contribution in [2.75, 3.05) is 6.54 Å². The summed E-state index contributed by atoms with van der Waals surface area (Å²) in [5.41, 5.74) is -1.15. The normalized spacial score (nSPS) is 25.3. The number of carboxylic acids is 1. The largest absolute Gasteiger partial charge is 0.480 e. The number of hydrogen-bond donors (Lipinski definition) is 4. The number of piperidine rings is 1. The van der Waals surface area contributed by atoms with Crippen LogP contribution in [0.2, 0.25) is 0 Å². The van der Waals surface area contributed by atoms with E-state index in [-0.39, 0.29) is 11.9 Å². The highest BCUT2D eigenvalue weighted by Gasteiger charge is 2.40. The lowest BCUT2D eigenvalue weighted by Gasteiger charge is -2.31. The van der Waals surface area contributed by atoms with Crippen molar-refractivity contribution < 1.29 is 19.5 Å². The Balaban J connectivity index is 1.92. The van der Waals surface area contributed by atoms with E-state index in [1.807, 2.05) is 0 Å². The van der Waals surface area contributed by atoms with E-state index in [2.05, 4.69) is 16.0 Å². The smallest absolute Gasteiger partial charge is 0.329 e. The van der Waals surface area contributed by atoms with Crippen LogP contribution < -0.4 is 16.0 Å². The maximum Gasteiger partial charge on any atom is 0.329 e. The molecule has 1 unspecified atom stereocenters. The number of urea groups is 1. The minimum Gasteiger partial charge on any atom is -0.480 e. The fourth-order valence-corrected chi connectivity index (χ4v) is 3.02. The molecule has 1 aliphatic carbocycles. The third-order valence-electron chi connectivity index (χ3n) is 4.32. The molecule has 1 saturated heterocycles. The van der Waals surface area contributed by atoms with Crippen molar-refractivity contribution in [3.05, 3.63) is 0 Å². The van der Waals surface area contributed by atoms with Crippen molar-refractivity contribution in [2.24, 2.45) is 0 Å². The summed E-state index contributed by atoms with van der Waals surface area (Å²) in [4.78, 5) is 34.8. The van der Waals surface area contributed by atoms with Crippen LogP contribution >= 0.6 is 0 Å². The molecule has 2 aliphatic rings. The quantitative estimate of drug-likeness (QED) is 0.576. The van der Waals surface area contributed by atoms with E-state index >= 15 is 0 Å². The van der Waals surface area contributed by atoms with Crippen LogP contribution in [0.15, 0.2) is 0 Å². The molecule has 0 aromatic rings. The molecule has 0 radical (unpaired) electrons. The first-order valence-electron chi connectivity index (χ1n) is 7.61. The first kappa shape index (κ1) is 15.6. The van der Waals surface area contributed by atoms with Gasteiger partial charge in [0, 0.05) is 19.0 Å². The summed E-state index contributed by atoms with van der Waals surface area (Å²) in [6.45, 7) is 0.395. The first-order chi connectivity index (χ1) is 10.0. The number of amides is 3. The predicted molar refractivity (Wildman–Crippen MR) is 75.8 cm³/mol. The lowest BCUT2D eigenvalue weighted by atomic mass is 9.90. The number of hydrogen-bond acceptors (Lipinski definition) is 3. The molecule has 21 heavy (non-hydrogen) atoms. The Bertz CT molecular complexity index is 406. The fourth-order valence-electron chi connectivity index (χ4n) is 3.02. The Labute approximate surface area is 123 Å². The summed E-state index contributed by atoms with van der Waals surface area (Å²) in [6.07, 6.45) is 5.54. The van der Waals surface area contributed by atoms with E-state index in [1.165, 1.54) is 0 Å². The first-order valence-corrected chi connectivity index (χ1v) is 7.61. The zero-order chi connectivity index (χ0) is 15.3. The average Bonchev–Trinajstić information content (AvgIpc) is 2.68. The molecule has 4 N–H and O–H groups in total. The van der Waals surface area contributed by atoms with E-state index in [0.717, 1.165) is 25.7 Å². The second-order valence-corrected chi connectivity index (χ2v) is 5.94. The van der Waals surface area contributed by atoms with Crippen LogP contribution in [0, 0.1) is 0 Å².